The van der Waals surface area contributed by atoms with Crippen LogP contribution in [0.15, 0.2) is 0 Å². The Morgan fingerprint density at radius 1 is 0.889 bits per heavy atom. The molecule has 0 bridgehead atoms. The average Bonchev–Trinajstić information content (AvgIpc) is 1.72. The number of rotatable bonds is 3. The Kier molecular flexibility index (Phi) is 23.7. The first kappa shape index (κ1) is 17.1. The first-order valence-electron chi connectivity index (χ1n) is 2.45. The van der Waals surface area contributed by atoms with Crippen LogP contribution in [0, 0.1) is 13.3 Å². The van der Waals surface area contributed by atoms with Crippen molar-refractivity contribution in [2.24, 2.45) is 5.92 Å². The molecule has 0 radical (unpaired) electrons. The van der Waals surface area contributed by atoms with Crippen molar-refractivity contribution in [1.82, 2.24) is 0 Å². The van der Waals surface area contributed by atoms with Crippen LogP contribution in [-0.4, -0.2) is 18.5 Å². The van der Waals surface area contributed by atoms with Gasteiger partial charge in [-0.25, -0.2) is 0 Å². The van der Waals surface area contributed by atoms with Crippen LogP contribution in [0.1, 0.15) is 0 Å². The van der Waals surface area contributed by atoms with E-state index < -0.39 is 0 Å². The van der Waals surface area contributed by atoms with Crippen molar-refractivity contribution in [3.8, 4) is 0 Å². The third kappa shape index (κ3) is 9.81. The van der Waals surface area contributed by atoms with Gasteiger partial charge in [0.2, 0.25) is 0 Å². The molecule has 0 aromatic carbocycles. The molecule has 3 atom stereocenters. The smallest absolute Gasteiger partial charge is 0.358 e. The van der Waals surface area contributed by atoms with Gasteiger partial charge in [0.1, 0.15) is 0 Å². The van der Waals surface area contributed by atoms with Crippen LogP contribution in [0.2, 0.25) is 0 Å². The van der Waals surface area contributed by atoms with Crippen molar-refractivity contribution in [3.63, 3.8) is 0 Å². The molecule has 4 heteroatoms. The molecule has 0 spiro atoms. The van der Waals surface area contributed by atoms with Gasteiger partial charge in [0.15, 0.2) is 0 Å². The Labute approximate surface area is 76.8 Å². The molecular formula is C5H16CuP3. The standard InChI is InChI=1S/C4H13P3.CH3.Cu/c5-1-4(2-6)3-7;;/h4H,1-3,5-7H2;1H3;/q;-1;+1. The van der Waals surface area contributed by atoms with Crippen molar-refractivity contribution >= 4 is 27.7 Å². The Hall–Kier alpha value is 1.81. The van der Waals surface area contributed by atoms with Gasteiger partial charge in [-0.15, -0.1) is 27.7 Å². The van der Waals surface area contributed by atoms with E-state index in [0.29, 0.717) is 0 Å². The summed E-state index contributed by atoms with van der Waals surface area (Å²) < 4.78 is 0. The van der Waals surface area contributed by atoms with Crippen LogP contribution in [0.5, 0.6) is 0 Å². The molecule has 0 heterocycles. The molecular weight excluding hydrogens is 217 g/mol. The SMILES string of the molecule is PCC(CP)CP.[CH3-].[Cu+]. The third-order valence-corrected chi connectivity index (χ3v) is 3.00. The van der Waals surface area contributed by atoms with E-state index in [-0.39, 0.29) is 24.5 Å². The second-order valence-corrected chi connectivity index (χ2v) is 2.99. The van der Waals surface area contributed by atoms with E-state index in [1.54, 1.807) is 0 Å². The second-order valence-electron chi connectivity index (χ2n) is 1.57. The van der Waals surface area contributed by atoms with E-state index in [4.69, 9.17) is 0 Å². The number of hydrogen-bond donors (Lipinski definition) is 0. The predicted molar refractivity (Wildman–Crippen MR) is 53.6 cm³/mol. The van der Waals surface area contributed by atoms with Gasteiger partial charge in [0.05, 0.1) is 0 Å². The molecule has 0 amide bonds. The number of hydrogen-bond acceptors (Lipinski definition) is 0. The van der Waals surface area contributed by atoms with Crippen molar-refractivity contribution < 1.29 is 17.1 Å². The van der Waals surface area contributed by atoms with Crippen LogP contribution in [0.4, 0.5) is 0 Å². The summed E-state index contributed by atoms with van der Waals surface area (Å²) in [7, 11) is 8.27. The van der Waals surface area contributed by atoms with E-state index in [0.717, 1.165) is 5.92 Å². The van der Waals surface area contributed by atoms with E-state index in [2.05, 4.69) is 27.7 Å². The van der Waals surface area contributed by atoms with Gasteiger partial charge in [-0.2, -0.15) is 0 Å². The van der Waals surface area contributed by atoms with Crippen LogP contribution in [-0.2, 0) is 17.1 Å². The first-order valence-corrected chi connectivity index (χ1v) is 4.90. The molecule has 0 aliphatic heterocycles. The van der Waals surface area contributed by atoms with Crippen LogP contribution in [0.25, 0.3) is 0 Å². The summed E-state index contributed by atoms with van der Waals surface area (Å²) in [6.45, 7) is 0. The van der Waals surface area contributed by atoms with Gasteiger partial charge >= 0.3 is 17.1 Å². The fraction of sp³-hybridized carbons (Fsp3) is 0.800. The minimum atomic E-state index is 0. The predicted octanol–water partition coefficient (Wildman–Crippen LogP) is 1.68. The van der Waals surface area contributed by atoms with Gasteiger partial charge in [-0.05, 0) is 24.4 Å². The summed E-state index contributed by atoms with van der Waals surface area (Å²) in [4.78, 5) is 0. The second kappa shape index (κ2) is 12.5. The molecule has 0 aliphatic rings. The van der Waals surface area contributed by atoms with Crippen molar-refractivity contribution in [3.05, 3.63) is 7.43 Å². The normalized spacial score (nSPS) is 8.00. The quantitative estimate of drug-likeness (QED) is 0.395. The molecule has 0 aromatic heterocycles. The Bertz CT molecular complexity index is 33.7. The fourth-order valence-corrected chi connectivity index (χ4v) is 2.60. The van der Waals surface area contributed by atoms with Gasteiger partial charge in [0.25, 0.3) is 0 Å². The van der Waals surface area contributed by atoms with Gasteiger partial charge < -0.3 is 7.43 Å². The zero-order valence-corrected chi connectivity index (χ0v) is 10.1. The molecule has 0 aliphatic carbocycles. The summed E-state index contributed by atoms with van der Waals surface area (Å²) >= 11 is 0. The van der Waals surface area contributed by atoms with Crippen LogP contribution >= 0.6 is 27.7 Å². The molecule has 0 saturated heterocycles. The van der Waals surface area contributed by atoms with E-state index in [9.17, 15) is 0 Å². The van der Waals surface area contributed by atoms with Crippen molar-refractivity contribution in [2.45, 2.75) is 0 Å². The summed E-state index contributed by atoms with van der Waals surface area (Å²) in [5.41, 5.74) is 0. The molecule has 9 heavy (non-hydrogen) atoms. The molecule has 0 aromatic rings. The maximum Gasteiger partial charge on any atom is 1.00 e. The van der Waals surface area contributed by atoms with E-state index in [1.165, 1.54) is 18.5 Å². The molecule has 0 N–H and O–H groups in total. The maximum absolute atomic E-state index is 2.76. The average molecular weight is 233 g/mol. The minimum absolute atomic E-state index is 0. The minimum Gasteiger partial charge on any atom is -0.358 e. The third-order valence-electron chi connectivity index (χ3n) is 1.00. The van der Waals surface area contributed by atoms with Crippen LogP contribution in [0.3, 0.4) is 0 Å². The molecule has 0 saturated carbocycles. The summed E-state index contributed by atoms with van der Waals surface area (Å²) in [6, 6.07) is 0. The maximum atomic E-state index is 2.76. The summed E-state index contributed by atoms with van der Waals surface area (Å²) in [5.74, 6) is 0.875. The Balaban J connectivity index is -0.000000180. The van der Waals surface area contributed by atoms with Gasteiger partial charge in [0, 0.05) is 0 Å². The Morgan fingerprint density at radius 2 is 1.11 bits per heavy atom. The van der Waals surface area contributed by atoms with Gasteiger partial charge in [-0.1, -0.05) is 0 Å². The first-order chi connectivity index (χ1) is 3.35. The largest absolute Gasteiger partial charge is 1.00 e. The summed E-state index contributed by atoms with van der Waals surface area (Å²) in [6.07, 6.45) is 3.69. The zero-order valence-electron chi connectivity index (χ0n) is 5.73. The molecule has 0 rings (SSSR count). The van der Waals surface area contributed by atoms with E-state index >= 15 is 0 Å². The van der Waals surface area contributed by atoms with E-state index in [1.807, 2.05) is 0 Å². The zero-order chi connectivity index (χ0) is 5.70. The van der Waals surface area contributed by atoms with Crippen molar-refractivity contribution in [1.29, 1.82) is 0 Å². The Morgan fingerprint density at radius 3 is 1.11 bits per heavy atom. The molecule has 0 nitrogen and oxygen atoms in total. The fourth-order valence-electron chi connectivity index (χ4n) is 0.289. The van der Waals surface area contributed by atoms with Gasteiger partial charge in [-0.3, -0.25) is 0 Å². The monoisotopic (exact) mass is 232 g/mol. The van der Waals surface area contributed by atoms with Crippen molar-refractivity contribution in [2.75, 3.05) is 18.5 Å². The summed E-state index contributed by atoms with van der Waals surface area (Å²) in [5, 5.41) is 0. The van der Waals surface area contributed by atoms with Crippen LogP contribution < -0.4 is 0 Å². The topological polar surface area (TPSA) is 0 Å². The molecule has 3 unspecified atom stereocenters. The molecule has 62 valence electrons. The molecule has 0 fully saturated rings.